The number of hydrogen-bond acceptors (Lipinski definition) is 8. The Morgan fingerprint density at radius 2 is 1.85 bits per heavy atom. The highest BCUT2D eigenvalue weighted by molar-refractivity contribution is 6.18. The lowest BCUT2D eigenvalue weighted by molar-refractivity contribution is 0.0841. The van der Waals surface area contributed by atoms with Crippen molar-refractivity contribution in [1.29, 1.82) is 0 Å². The first-order chi connectivity index (χ1) is 18.6. The highest BCUT2D eigenvalue weighted by Gasteiger charge is 2.45. The number of pyridine rings is 1. The number of imidazole rings is 1. The van der Waals surface area contributed by atoms with Crippen molar-refractivity contribution in [3.05, 3.63) is 65.0 Å². The van der Waals surface area contributed by atoms with Crippen LogP contribution < -0.4 is 4.90 Å². The molecule has 0 bridgehead atoms. The molecular formula is C26H23F3N8O2. The summed E-state index contributed by atoms with van der Waals surface area (Å²) in [5.41, 5.74) is 0.790. The first-order valence-electron chi connectivity index (χ1n) is 12.3. The predicted octanol–water partition coefficient (Wildman–Crippen LogP) is 4.20. The van der Waals surface area contributed by atoms with Gasteiger partial charge in [0.15, 0.2) is 29.0 Å². The molecule has 0 saturated carbocycles. The van der Waals surface area contributed by atoms with Crippen LogP contribution in [0.3, 0.4) is 0 Å². The normalized spacial score (nSPS) is 16.0. The van der Waals surface area contributed by atoms with Crippen LogP contribution in [0.5, 0.6) is 0 Å². The average Bonchev–Trinajstić information content (AvgIpc) is 3.58. The van der Waals surface area contributed by atoms with Gasteiger partial charge in [0.25, 0.3) is 11.8 Å². The summed E-state index contributed by atoms with van der Waals surface area (Å²) in [6.45, 7) is 8.16. The number of aryl methyl sites for hydroxylation is 1. The number of hydrogen-bond donors (Lipinski definition) is 0. The topological polar surface area (TPSA) is 106 Å². The Labute approximate surface area is 220 Å². The smallest absolute Gasteiger partial charge is 0.283 e. The molecule has 0 unspecified atom stereocenters. The molecule has 0 N–H and O–H groups in total. The van der Waals surface area contributed by atoms with E-state index in [9.17, 15) is 18.0 Å². The summed E-state index contributed by atoms with van der Waals surface area (Å²) in [6.07, 6.45) is 1.54. The summed E-state index contributed by atoms with van der Waals surface area (Å²) < 4.78 is 48.9. The second kappa shape index (κ2) is 8.75. The molecule has 5 heterocycles. The van der Waals surface area contributed by atoms with Crippen molar-refractivity contribution >= 4 is 17.7 Å². The maximum absolute atomic E-state index is 14.2. The molecule has 2 aliphatic heterocycles. The Bertz CT molecular complexity index is 1640. The molecule has 6 rings (SSSR count). The lowest BCUT2D eigenvalue weighted by atomic mass is 10.1. The predicted molar refractivity (Wildman–Crippen MR) is 134 cm³/mol. The van der Waals surface area contributed by atoms with E-state index < -0.39 is 23.0 Å². The zero-order valence-electron chi connectivity index (χ0n) is 21.5. The minimum atomic E-state index is -1.55. The van der Waals surface area contributed by atoms with E-state index in [-0.39, 0.29) is 29.6 Å². The highest BCUT2D eigenvalue weighted by Crippen LogP contribution is 2.38. The van der Waals surface area contributed by atoms with Crippen molar-refractivity contribution in [2.24, 2.45) is 4.99 Å². The average molecular weight is 537 g/mol. The highest BCUT2D eigenvalue weighted by atomic mass is 19.2. The maximum Gasteiger partial charge on any atom is 0.283 e. The van der Waals surface area contributed by atoms with Crippen LogP contribution in [0.4, 0.5) is 19.0 Å². The lowest BCUT2D eigenvalue weighted by Crippen LogP contribution is -2.51. The molecule has 0 fully saturated rings. The van der Waals surface area contributed by atoms with Crippen molar-refractivity contribution in [3.8, 4) is 23.0 Å². The van der Waals surface area contributed by atoms with Gasteiger partial charge in [-0.2, -0.15) is 4.98 Å². The molecule has 1 amide bonds. The second-order valence-corrected chi connectivity index (χ2v) is 10.0. The number of carbonyl (C=O) groups is 1. The van der Waals surface area contributed by atoms with E-state index >= 15 is 0 Å². The third-order valence-electron chi connectivity index (χ3n) is 6.54. The Morgan fingerprint density at radius 3 is 2.46 bits per heavy atom. The molecule has 0 atom stereocenters. The quantitative estimate of drug-likeness (QED) is 0.352. The molecule has 3 aromatic heterocycles. The minimum Gasteiger partial charge on any atom is -0.332 e. The molecule has 0 radical (unpaired) electrons. The number of guanidine groups is 1. The number of aliphatic imine (C=N–C) groups is 1. The molecule has 39 heavy (non-hydrogen) atoms. The summed E-state index contributed by atoms with van der Waals surface area (Å²) >= 11 is 0. The number of carbonyl (C=O) groups excluding carboxylic acids is 1. The number of anilines is 1. The Balaban J connectivity index is 1.53. The van der Waals surface area contributed by atoms with Crippen LogP contribution in [-0.4, -0.2) is 60.1 Å². The van der Waals surface area contributed by atoms with Crippen LogP contribution in [0.1, 0.15) is 42.6 Å². The van der Waals surface area contributed by atoms with Crippen LogP contribution in [0.25, 0.3) is 23.0 Å². The second-order valence-electron chi connectivity index (χ2n) is 10.0. The zero-order valence-corrected chi connectivity index (χ0v) is 21.5. The van der Waals surface area contributed by atoms with Gasteiger partial charge >= 0.3 is 0 Å². The van der Waals surface area contributed by atoms with Gasteiger partial charge in [0, 0.05) is 18.3 Å². The number of nitrogens with zero attached hydrogens (tertiary/aromatic N) is 8. The van der Waals surface area contributed by atoms with Gasteiger partial charge in [-0.05, 0) is 57.5 Å². The molecule has 0 aliphatic carbocycles. The molecule has 200 valence electrons. The van der Waals surface area contributed by atoms with E-state index in [0.717, 1.165) is 12.1 Å². The fourth-order valence-corrected chi connectivity index (χ4v) is 4.87. The van der Waals surface area contributed by atoms with Crippen molar-refractivity contribution in [3.63, 3.8) is 0 Å². The SMILES string of the molecule is CCN1C(=O)c2nc(-c3ccc(-c4nc(C)no4)nc3)n(Cc3cc(F)c(F)c(F)c3)c2N2CC(C)(C)N=C12. The van der Waals surface area contributed by atoms with Crippen molar-refractivity contribution in [1.82, 2.24) is 29.6 Å². The first-order valence-corrected chi connectivity index (χ1v) is 12.3. The molecule has 0 saturated heterocycles. The number of fused-ring (bicyclic) bond motifs is 3. The molecular weight excluding hydrogens is 513 g/mol. The summed E-state index contributed by atoms with van der Waals surface area (Å²) in [6, 6.07) is 5.26. The number of rotatable bonds is 5. The summed E-state index contributed by atoms with van der Waals surface area (Å²) in [4.78, 5) is 35.1. The van der Waals surface area contributed by atoms with Crippen molar-refractivity contribution < 1.29 is 22.5 Å². The fourth-order valence-electron chi connectivity index (χ4n) is 4.87. The van der Waals surface area contributed by atoms with Gasteiger partial charge in [0.1, 0.15) is 17.3 Å². The van der Waals surface area contributed by atoms with E-state index in [1.54, 1.807) is 28.5 Å². The van der Waals surface area contributed by atoms with Gasteiger partial charge in [-0.1, -0.05) is 5.16 Å². The van der Waals surface area contributed by atoms with Crippen LogP contribution >= 0.6 is 0 Å². The van der Waals surface area contributed by atoms with E-state index in [4.69, 9.17) is 14.5 Å². The Kier molecular flexibility index (Phi) is 5.56. The molecule has 4 aromatic rings. The molecule has 2 aliphatic rings. The van der Waals surface area contributed by atoms with E-state index in [1.165, 1.54) is 6.20 Å². The number of aromatic nitrogens is 5. The van der Waals surface area contributed by atoms with Gasteiger partial charge in [0.2, 0.25) is 5.96 Å². The molecule has 10 nitrogen and oxygen atoms in total. The van der Waals surface area contributed by atoms with E-state index in [0.29, 0.717) is 47.8 Å². The maximum atomic E-state index is 14.2. The largest absolute Gasteiger partial charge is 0.332 e. The van der Waals surface area contributed by atoms with Crippen LogP contribution in [-0.2, 0) is 6.54 Å². The molecule has 0 spiro atoms. The summed E-state index contributed by atoms with van der Waals surface area (Å²) in [5, 5.41) is 3.78. The standard InChI is InChI=1S/C26H23F3N8O2/c1-5-35-24(38)20-23(37-12-26(3,4)33-25(35)37)36(11-14-8-16(27)19(29)17(28)9-14)21(32-20)15-6-7-18(30-10-15)22-31-13(2)34-39-22/h6-10H,5,11-12H2,1-4H3. The van der Waals surface area contributed by atoms with E-state index in [2.05, 4.69) is 15.1 Å². The van der Waals surface area contributed by atoms with Gasteiger partial charge in [-0.15, -0.1) is 0 Å². The van der Waals surface area contributed by atoms with Crippen molar-refractivity contribution in [2.75, 3.05) is 18.0 Å². The molecule has 1 aromatic carbocycles. The minimum absolute atomic E-state index is 0.0972. The third kappa shape index (κ3) is 4.04. The van der Waals surface area contributed by atoms with Crippen LogP contribution in [0, 0.1) is 24.4 Å². The fraction of sp³-hybridized carbons (Fsp3) is 0.308. The van der Waals surface area contributed by atoms with Crippen LogP contribution in [0.2, 0.25) is 0 Å². The Hall–Kier alpha value is -4.55. The molecule has 13 heteroatoms. The van der Waals surface area contributed by atoms with Crippen LogP contribution in [0.15, 0.2) is 40.0 Å². The van der Waals surface area contributed by atoms with Gasteiger partial charge in [-0.3, -0.25) is 19.6 Å². The number of halogens is 3. The zero-order chi connectivity index (χ0) is 27.6. The third-order valence-corrected chi connectivity index (χ3v) is 6.54. The van der Waals surface area contributed by atoms with Crippen molar-refractivity contribution in [2.45, 2.75) is 39.8 Å². The van der Waals surface area contributed by atoms with Gasteiger partial charge in [0.05, 0.1) is 18.6 Å². The van der Waals surface area contributed by atoms with E-state index in [1.807, 2.05) is 25.7 Å². The first kappa shape index (κ1) is 24.8. The monoisotopic (exact) mass is 536 g/mol. The Morgan fingerprint density at radius 1 is 1.10 bits per heavy atom. The number of benzene rings is 1. The lowest BCUT2D eigenvalue weighted by Gasteiger charge is -2.34. The summed E-state index contributed by atoms with van der Waals surface area (Å²) in [5.74, 6) is -2.56. The summed E-state index contributed by atoms with van der Waals surface area (Å²) in [7, 11) is 0. The van der Waals surface area contributed by atoms with Gasteiger partial charge < -0.3 is 9.09 Å². The number of amides is 1. The van der Waals surface area contributed by atoms with Gasteiger partial charge in [-0.25, -0.2) is 23.1 Å².